The minimum Gasteiger partial charge on any atom is -0.383 e. The summed E-state index contributed by atoms with van der Waals surface area (Å²) < 4.78 is 4.95. The number of methoxy groups -OCH3 is 1. The number of rotatable bonds is 7. The molecule has 0 bridgehead atoms. The third kappa shape index (κ3) is 5.34. The Morgan fingerprint density at radius 3 is 2.82 bits per heavy atom. The van der Waals surface area contributed by atoms with Crippen LogP contribution in [0.15, 0.2) is 4.99 Å². The van der Waals surface area contributed by atoms with Crippen LogP contribution in [0, 0.1) is 0 Å². The normalized spacial score (nSPS) is 18.3. The van der Waals surface area contributed by atoms with Gasteiger partial charge >= 0.3 is 0 Å². The van der Waals surface area contributed by atoms with Crippen molar-refractivity contribution in [1.29, 1.82) is 0 Å². The summed E-state index contributed by atoms with van der Waals surface area (Å²) in [7, 11) is 3.83. The van der Waals surface area contributed by atoms with Crippen molar-refractivity contribution in [2.75, 3.05) is 33.9 Å². The molecule has 6 heteroatoms. The number of hydrazine groups is 1. The van der Waals surface area contributed by atoms with Crippen molar-refractivity contribution in [1.82, 2.24) is 15.6 Å². The van der Waals surface area contributed by atoms with Crippen LogP contribution in [0.5, 0.6) is 0 Å². The molecular weight excluding hydrogens is 218 g/mol. The topological polar surface area (TPSA) is 74.9 Å². The predicted octanol–water partition coefficient (Wildman–Crippen LogP) is -0.476. The largest absolute Gasteiger partial charge is 0.383 e. The Labute approximate surface area is 104 Å². The summed E-state index contributed by atoms with van der Waals surface area (Å²) in [6.45, 7) is 4.27. The lowest BCUT2D eigenvalue weighted by Crippen LogP contribution is -2.44. The van der Waals surface area contributed by atoms with Crippen LogP contribution in [-0.4, -0.2) is 56.8 Å². The van der Waals surface area contributed by atoms with Crippen LogP contribution in [0.2, 0.25) is 0 Å². The average molecular weight is 243 g/mol. The number of ether oxygens (including phenoxy) is 1. The van der Waals surface area contributed by atoms with E-state index in [4.69, 9.17) is 10.6 Å². The van der Waals surface area contributed by atoms with Gasteiger partial charge in [-0.1, -0.05) is 0 Å². The van der Waals surface area contributed by atoms with E-state index in [1.54, 1.807) is 7.11 Å². The van der Waals surface area contributed by atoms with Gasteiger partial charge in [-0.3, -0.25) is 15.3 Å². The molecule has 0 amide bonds. The lowest BCUT2D eigenvalue weighted by molar-refractivity contribution is 0.203. The molecule has 0 radical (unpaired) electrons. The first-order valence-corrected chi connectivity index (χ1v) is 6.14. The summed E-state index contributed by atoms with van der Waals surface area (Å²) in [6, 6.07) is 1.20. The first kappa shape index (κ1) is 14.2. The average Bonchev–Trinajstić information content (AvgIpc) is 3.16. The maximum atomic E-state index is 5.39. The number of nitrogens with zero attached hydrogens (tertiary/aromatic N) is 2. The van der Waals surface area contributed by atoms with Crippen LogP contribution in [0.25, 0.3) is 0 Å². The number of guanidine groups is 1. The highest BCUT2D eigenvalue weighted by Gasteiger charge is 2.28. The summed E-state index contributed by atoms with van der Waals surface area (Å²) in [6.07, 6.45) is 2.64. The van der Waals surface area contributed by atoms with Gasteiger partial charge in [0.1, 0.15) is 0 Å². The Balaban J connectivity index is 2.26. The van der Waals surface area contributed by atoms with Crippen molar-refractivity contribution in [2.24, 2.45) is 10.8 Å². The summed E-state index contributed by atoms with van der Waals surface area (Å²) >= 11 is 0. The summed E-state index contributed by atoms with van der Waals surface area (Å²) in [4.78, 5) is 6.80. The van der Waals surface area contributed by atoms with Crippen molar-refractivity contribution >= 4 is 5.96 Å². The SMILES string of the molecule is COCCNC(=NCC(C)N(C)C1CC1)NN. The molecule has 0 aromatic heterocycles. The van der Waals surface area contributed by atoms with Gasteiger partial charge in [0.05, 0.1) is 13.2 Å². The van der Waals surface area contributed by atoms with E-state index in [9.17, 15) is 0 Å². The second-order valence-corrected chi connectivity index (χ2v) is 4.50. The van der Waals surface area contributed by atoms with E-state index in [0.717, 1.165) is 12.6 Å². The Morgan fingerprint density at radius 2 is 2.29 bits per heavy atom. The summed E-state index contributed by atoms with van der Waals surface area (Å²) in [5.74, 6) is 6.01. The molecule has 1 atom stereocenters. The fraction of sp³-hybridized carbons (Fsp3) is 0.909. The molecule has 100 valence electrons. The second kappa shape index (κ2) is 7.47. The lowest BCUT2D eigenvalue weighted by atomic mass is 10.3. The van der Waals surface area contributed by atoms with Crippen molar-refractivity contribution in [3.8, 4) is 0 Å². The number of likely N-dealkylation sites (N-methyl/N-ethyl adjacent to an activating group) is 1. The maximum absolute atomic E-state index is 5.39. The third-order valence-electron chi connectivity index (χ3n) is 3.07. The highest BCUT2D eigenvalue weighted by atomic mass is 16.5. The van der Waals surface area contributed by atoms with E-state index < -0.39 is 0 Å². The highest BCUT2D eigenvalue weighted by Crippen LogP contribution is 2.26. The Kier molecular flexibility index (Phi) is 6.25. The van der Waals surface area contributed by atoms with Crippen LogP contribution in [0.3, 0.4) is 0 Å². The van der Waals surface area contributed by atoms with Crippen molar-refractivity contribution < 1.29 is 4.74 Å². The minimum atomic E-state index is 0.440. The zero-order valence-corrected chi connectivity index (χ0v) is 11.1. The maximum Gasteiger partial charge on any atom is 0.205 e. The molecule has 0 spiro atoms. The first-order valence-electron chi connectivity index (χ1n) is 6.14. The zero-order chi connectivity index (χ0) is 12.7. The fourth-order valence-corrected chi connectivity index (χ4v) is 1.62. The van der Waals surface area contributed by atoms with Gasteiger partial charge in [-0.25, -0.2) is 5.84 Å². The van der Waals surface area contributed by atoms with E-state index in [-0.39, 0.29) is 0 Å². The van der Waals surface area contributed by atoms with Gasteiger partial charge in [0.25, 0.3) is 0 Å². The summed E-state index contributed by atoms with van der Waals surface area (Å²) in [5.41, 5.74) is 2.56. The third-order valence-corrected chi connectivity index (χ3v) is 3.07. The van der Waals surface area contributed by atoms with Crippen LogP contribution < -0.4 is 16.6 Å². The zero-order valence-electron chi connectivity index (χ0n) is 11.1. The lowest BCUT2D eigenvalue weighted by Gasteiger charge is -2.23. The molecule has 17 heavy (non-hydrogen) atoms. The van der Waals surface area contributed by atoms with E-state index in [0.29, 0.717) is 25.2 Å². The molecule has 1 aliphatic carbocycles. The van der Waals surface area contributed by atoms with Crippen molar-refractivity contribution in [3.05, 3.63) is 0 Å². The molecule has 1 unspecified atom stereocenters. The minimum absolute atomic E-state index is 0.440. The molecule has 6 nitrogen and oxygen atoms in total. The van der Waals surface area contributed by atoms with Crippen molar-refractivity contribution in [2.45, 2.75) is 31.8 Å². The van der Waals surface area contributed by atoms with E-state index in [1.165, 1.54) is 12.8 Å². The Morgan fingerprint density at radius 1 is 1.59 bits per heavy atom. The molecular formula is C11H25N5O. The van der Waals surface area contributed by atoms with Crippen LogP contribution in [-0.2, 0) is 4.74 Å². The predicted molar refractivity (Wildman–Crippen MR) is 69.8 cm³/mol. The molecule has 1 saturated carbocycles. The number of nitrogens with one attached hydrogen (secondary N) is 2. The first-order chi connectivity index (χ1) is 8.19. The quantitative estimate of drug-likeness (QED) is 0.185. The number of aliphatic imine (C=N–C) groups is 1. The van der Waals surface area contributed by atoms with Crippen molar-refractivity contribution in [3.63, 3.8) is 0 Å². The molecule has 1 aliphatic rings. The number of hydrogen-bond donors (Lipinski definition) is 3. The van der Waals surface area contributed by atoms with Gasteiger partial charge in [-0.05, 0) is 26.8 Å². The van der Waals surface area contributed by atoms with E-state index in [2.05, 4.69) is 34.6 Å². The van der Waals surface area contributed by atoms with Gasteiger partial charge in [-0.2, -0.15) is 0 Å². The molecule has 4 N–H and O–H groups in total. The number of hydrogen-bond acceptors (Lipinski definition) is 4. The van der Waals surface area contributed by atoms with Gasteiger partial charge in [0.2, 0.25) is 5.96 Å². The van der Waals surface area contributed by atoms with E-state index in [1.807, 2.05) is 0 Å². The smallest absolute Gasteiger partial charge is 0.205 e. The van der Waals surface area contributed by atoms with Crippen LogP contribution in [0.4, 0.5) is 0 Å². The Hall–Kier alpha value is -0.850. The molecule has 0 saturated heterocycles. The molecule has 1 fully saturated rings. The standard InChI is InChI=1S/C11H25N5O/c1-9(16(2)10-4-5-10)8-14-11(15-12)13-6-7-17-3/h9-10H,4-8,12H2,1-3H3,(H2,13,14,15). The van der Waals surface area contributed by atoms with Crippen LogP contribution in [0.1, 0.15) is 19.8 Å². The molecule has 0 heterocycles. The highest BCUT2D eigenvalue weighted by molar-refractivity contribution is 5.79. The fourth-order valence-electron chi connectivity index (χ4n) is 1.62. The Bertz CT molecular complexity index is 242. The van der Waals surface area contributed by atoms with Gasteiger partial charge in [0.15, 0.2) is 0 Å². The second-order valence-electron chi connectivity index (χ2n) is 4.50. The number of nitrogens with two attached hydrogens (primary N) is 1. The summed E-state index contributed by atoms with van der Waals surface area (Å²) in [5, 5.41) is 3.08. The molecule has 0 aromatic rings. The van der Waals surface area contributed by atoms with Gasteiger partial charge in [-0.15, -0.1) is 0 Å². The van der Waals surface area contributed by atoms with Gasteiger partial charge < -0.3 is 10.1 Å². The molecule has 0 aromatic carbocycles. The molecule has 0 aliphatic heterocycles. The monoisotopic (exact) mass is 243 g/mol. The van der Waals surface area contributed by atoms with E-state index >= 15 is 0 Å². The van der Waals surface area contributed by atoms with Gasteiger partial charge in [0, 0.05) is 25.7 Å². The van der Waals surface area contributed by atoms with Crippen LogP contribution >= 0.6 is 0 Å². The molecule has 1 rings (SSSR count).